The van der Waals surface area contributed by atoms with Gasteiger partial charge in [-0.2, -0.15) is 0 Å². The Morgan fingerprint density at radius 3 is 2.69 bits per heavy atom. The number of primary sulfonamides is 1. The molecule has 7 heteroatoms. The van der Waals surface area contributed by atoms with Gasteiger partial charge in [0.05, 0.1) is 0 Å². The van der Waals surface area contributed by atoms with Crippen LogP contribution in [0.1, 0.15) is 11.5 Å². The fourth-order valence-electron chi connectivity index (χ4n) is 1.04. The van der Waals surface area contributed by atoms with Crippen LogP contribution in [0.3, 0.4) is 0 Å². The summed E-state index contributed by atoms with van der Waals surface area (Å²) in [4.78, 5) is -0.124. The molecule has 6 nitrogen and oxygen atoms in total. The molecule has 0 bridgehead atoms. The SMILES string of the molecule is Cc1onc(CCO)c1S(N)(=O)=O. The smallest absolute Gasteiger partial charge is 0.243 e. The van der Waals surface area contributed by atoms with Crippen LogP contribution in [-0.4, -0.2) is 25.3 Å². The van der Waals surface area contributed by atoms with Crippen LogP contribution in [0.4, 0.5) is 0 Å². The number of aliphatic hydroxyl groups is 1. The van der Waals surface area contributed by atoms with Crippen LogP contribution in [0.25, 0.3) is 0 Å². The molecule has 1 rings (SSSR count). The van der Waals surface area contributed by atoms with E-state index in [0.29, 0.717) is 0 Å². The highest BCUT2D eigenvalue weighted by atomic mass is 32.2. The highest BCUT2D eigenvalue weighted by Gasteiger charge is 2.21. The first-order valence-corrected chi connectivity index (χ1v) is 5.10. The molecule has 0 radical (unpaired) electrons. The van der Waals surface area contributed by atoms with Crippen molar-refractivity contribution in [3.05, 3.63) is 11.5 Å². The first-order valence-electron chi connectivity index (χ1n) is 3.55. The predicted molar refractivity (Wildman–Crippen MR) is 43.4 cm³/mol. The molecule has 0 aliphatic carbocycles. The van der Waals surface area contributed by atoms with E-state index >= 15 is 0 Å². The van der Waals surface area contributed by atoms with E-state index in [0.717, 1.165) is 0 Å². The van der Waals surface area contributed by atoms with Crippen molar-refractivity contribution in [1.29, 1.82) is 0 Å². The number of rotatable bonds is 3. The molecule has 1 aromatic rings. The van der Waals surface area contributed by atoms with Crippen LogP contribution in [0.15, 0.2) is 9.42 Å². The van der Waals surface area contributed by atoms with E-state index in [1.807, 2.05) is 0 Å². The van der Waals surface area contributed by atoms with Gasteiger partial charge in [-0.1, -0.05) is 5.16 Å². The highest BCUT2D eigenvalue weighted by molar-refractivity contribution is 7.89. The van der Waals surface area contributed by atoms with E-state index in [1.165, 1.54) is 6.92 Å². The van der Waals surface area contributed by atoms with Crippen molar-refractivity contribution in [2.45, 2.75) is 18.2 Å². The van der Waals surface area contributed by atoms with Gasteiger partial charge in [-0.15, -0.1) is 0 Å². The number of sulfonamides is 1. The van der Waals surface area contributed by atoms with Crippen LogP contribution < -0.4 is 5.14 Å². The fourth-order valence-corrected chi connectivity index (χ4v) is 1.94. The van der Waals surface area contributed by atoms with Gasteiger partial charge >= 0.3 is 0 Å². The Kier molecular flexibility index (Phi) is 2.69. The standard InChI is InChI=1S/C6H10N2O4S/c1-4-6(13(7,10)11)5(2-3-9)8-12-4/h9H,2-3H2,1H3,(H2,7,10,11). The van der Waals surface area contributed by atoms with Crippen LogP contribution >= 0.6 is 0 Å². The lowest BCUT2D eigenvalue weighted by Gasteiger charge is -1.96. The first kappa shape index (κ1) is 10.2. The molecular formula is C6H10N2O4S. The minimum absolute atomic E-state index is 0.114. The maximum atomic E-state index is 11.0. The zero-order valence-corrected chi connectivity index (χ0v) is 7.84. The van der Waals surface area contributed by atoms with Gasteiger partial charge in [-0.3, -0.25) is 0 Å². The van der Waals surface area contributed by atoms with E-state index < -0.39 is 10.0 Å². The number of aromatic nitrogens is 1. The number of aliphatic hydroxyl groups excluding tert-OH is 1. The molecule has 0 atom stereocenters. The molecule has 13 heavy (non-hydrogen) atoms. The van der Waals surface area contributed by atoms with Gasteiger partial charge < -0.3 is 9.63 Å². The summed E-state index contributed by atoms with van der Waals surface area (Å²) in [6, 6.07) is 0. The average molecular weight is 206 g/mol. The molecule has 0 saturated carbocycles. The van der Waals surface area contributed by atoms with Crippen LogP contribution in [0.2, 0.25) is 0 Å². The van der Waals surface area contributed by atoms with Crippen LogP contribution in [0.5, 0.6) is 0 Å². The second-order valence-corrected chi connectivity index (χ2v) is 4.03. The van der Waals surface area contributed by atoms with Gasteiger partial charge in [0.15, 0.2) is 5.76 Å². The third kappa shape index (κ3) is 2.06. The van der Waals surface area contributed by atoms with Crippen LogP contribution in [-0.2, 0) is 16.4 Å². The van der Waals surface area contributed by atoms with Gasteiger partial charge in [0.2, 0.25) is 10.0 Å². The van der Waals surface area contributed by atoms with E-state index in [4.69, 9.17) is 10.2 Å². The van der Waals surface area contributed by atoms with Crippen molar-refractivity contribution >= 4 is 10.0 Å². The monoisotopic (exact) mass is 206 g/mol. The molecule has 74 valence electrons. The Morgan fingerprint density at radius 2 is 2.23 bits per heavy atom. The summed E-state index contributed by atoms with van der Waals surface area (Å²) >= 11 is 0. The van der Waals surface area contributed by atoms with Gasteiger partial charge in [-0.25, -0.2) is 13.6 Å². The Balaban J connectivity index is 3.25. The minimum atomic E-state index is -3.81. The van der Waals surface area contributed by atoms with Gasteiger partial charge in [0, 0.05) is 13.0 Å². The molecule has 0 saturated heterocycles. The molecule has 0 spiro atoms. The van der Waals surface area contributed by atoms with Crippen molar-refractivity contribution in [2.75, 3.05) is 6.61 Å². The molecule has 0 aliphatic rings. The number of nitrogens with zero attached hydrogens (tertiary/aromatic N) is 1. The lowest BCUT2D eigenvalue weighted by Crippen LogP contribution is -2.15. The van der Waals surface area contributed by atoms with Gasteiger partial charge in [-0.05, 0) is 6.92 Å². The number of aryl methyl sites for hydroxylation is 1. The zero-order chi connectivity index (χ0) is 10.1. The van der Waals surface area contributed by atoms with E-state index in [9.17, 15) is 8.42 Å². The summed E-state index contributed by atoms with van der Waals surface area (Å²) in [5, 5.41) is 17.0. The quantitative estimate of drug-likeness (QED) is 0.671. The maximum absolute atomic E-state index is 11.0. The van der Waals surface area contributed by atoms with E-state index in [2.05, 4.69) is 9.68 Å². The lowest BCUT2D eigenvalue weighted by atomic mass is 10.3. The summed E-state index contributed by atoms with van der Waals surface area (Å²) in [6.07, 6.45) is 0.114. The molecular weight excluding hydrogens is 196 g/mol. The number of hydrogen-bond acceptors (Lipinski definition) is 5. The van der Waals surface area contributed by atoms with Gasteiger partial charge in [0.25, 0.3) is 0 Å². The zero-order valence-electron chi connectivity index (χ0n) is 7.02. The average Bonchev–Trinajstić information content (AvgIpc) is 2.31. The lowest BCUT2D eigenvalue weighted by molar-refractivity contribution is 0.293. The van der Waals surface area contributed by atoms with E-state index in [-0.39, 0.29) is 29.4 Å². The van der Waals surface area contributed by atoms with Crippen LogP contribution in [0, 0.1) is 6.92 Å². The Bertz CT molecular complexity index is 395. The molecule has 0 fully saturated rings. The Labute approximate surface area is 75.4 Å². The molecule has 3 N–H and O–H groups in total. The molecule has 1 aromatic heterocycles. The third-order valence-corrected chi connectivity index (χ3v) is 2.60. The molecule has 0 aromatic carbocycles. The minimum Gasteiger partial charge on any atom is -0.396 e. The van der Waals surface area contributed by atoms with Crippen molar-refractivity contribution in [1.82, 2.24) is 5.16 Å². The molecule has 0 unspecified atom stereocenters. The summed E-state index contributed by atoms with van der Waals surface area (Å²) in [6.45, 7) is 1.25. The van der Waals surface area contributed by atoms with E-state index in [1.54, 1.807) is 0 Å². The normalized spacial score (nSPS) is 11.9. The molecule has 0 amide bonds. The third-order valence-electron chi connectivity index (χ3n) is 1.51. The van der Waals surface area contributed by atoms with Crippen molar-refractivity contribution in [2.24, 2.45) is 5.14 Å². The van der Waals surface area contributed by atoms with Crippen molar-refractivity contribution in [3.63, 3.8) is 0 Å². The summed E-state index contributed by atoms with van der Waals surface area (Å²) in [7, 11) is -3.81. The topological polar surface area (TPSA) is 106 Å². The Hall–Kier alpha value is -0.920. The Morgan fingerprint density at radius 1 is 1.62 bits per heavy atom. The van der Waals surface area contributed by atoms with Gasteiger partial charge in [0.1, 0.15) is 10.6 Å². The summed E-state index contributed by atoms with van der Waals surface area (Å²) in [5.74, 6) is 0.144. The first-order chi connectivity index (χ1) is 5.96. The largest absolute Gasteiger partial charge is 0.396 e. The maximum Gasteiger partial charge on any atom is 0.243 e. The second-order valence-electron chi connectivity index (χ2n) is 2.53. The predicted octanol–water partition coefficient (Wildman–Crippen LogP) is -0.835. The number of hydrogen-bond donors (Lipinski definition) is 2. The molecule has 1 heterocycles. The fraction of sp³-hybridized carbons (Fsp3) is 0.500. The summed E-state index contributed by atoms with van der Waals surface area (Å²) < 4.78 is 26.7. The van der Waals surface area contributed by atoms with Crippen molar-refractivity contribution < 1.29 is 18.0 Å². The molecule has 0 aliphatic heterocycles. The summed E-state index contributed by atoms with van der Waals surface area (Å²) in [5.41, 5.74) is 0.169. The van der Waals surface area contributed by atoms with Crippen molar-refractivity contribution in [3.8, 4) is 0 Å². The number of nitrogens with two attached hydrogens (primary N) is 1. The second kappa shape index (κ2) is 3.44. The highest BCUT2D eigenvalue weighted by Crippen LogP contribution is 2.18.